The van der Waals surface area contributed by atoms with Gasteiger partial charge in [-0.25, -0.2) is 0 Å². The first-order chi connectivity index (χ1) is 5.27. The van der Waals surface area contributed by atoms with Gasteiger partial charge in [-0.05, 0) is 0 Å². The number of aliphatic imine (C=N–C) groups is 1. The van der Waals surface area contributed by atoms with E-state index in [0.717, 1.165) is 37.1 Å². The Labute approximate surface area is 67.9 Å². The van der Waals surface area contributed by atoms with E-state index < -0.39 is 0 Å². The molecule has 11 heavy (non-hydrogen) atoms. The van der Waals surface area contributed by atoms with E-state index in [-0.39, 0.29) is 6.61 Å². The molecule has 3 heteroatoms. The number of rotatable bonds is 2. The number of hydrogen-bond acceptors (Lipinski definition) is 2. The molecule has 1 N–H and O–H groups in total. The van der Waals surface area contributed by atoms with Gasteiger partial charge in [0.1, 0.15) is 6.54 Å². The predicted octanol–water partition coefficient (Wildman–Crippen LogP) is -0.100. The molecule has 0 radical (unpaired) electrons. The van der Waals surface area contributed by atoms with Crippen LogP contribution < -0.4 is 0 Å². The highest BCUT2D eigenvalue weighted by molar-refractivity contribution is 5.57. The second kappa shape index (κ2) is 3.83. The minimum atomic E-state index is 0.288. The molecule has 0 amide bonds. The lowest BCUT2D eigenvalue weighted by molar-refractivity contribution is -0.907. The van der Waals surface area contributed by atoms with Crippen LogP contribution >= 0.6 is 0 Å². The van der Waals surface area contributed by atoms with Crippen molar-refractivity contribution in [1.82, 2.24) is 0 Å². The van der Waals surface area contributed by atoms with Gasteiger partial charge in [0.15, 0.2) is 0 Å². The number of quaternary nitrogens is 1. The highest BCUT2D eigenvalue weighted by Gasteiger charge is 2.20. The molecular weight excluding hydrogens is 140 g/mol. The lowest BCUT2D eigenvalue weighted by Gasteiger charge is -2.31. The zero-order valence-electron chi connectivity index (χ0n) is 7.16. The van der Waals surface area contributed by atoms with E-state index >= 15 is 0 Å². The van der Waals surface area contributed by atoms with Crippen molar-refractivity contribution in [1.29, 1.82) is 0 Å². The quantitative estimate of drug-likeness (QED) is 0.558. The van der Waals surface area contributed by atoms with Crippen LogP contribution in [0, 0.1) is 0 Å². The van der Waals surface area contributed by atoms with Gasteiger partial charge in [-0.2, -0.15) is 0 Å². The van der Waals surface area contributed by atoms with E-state index in [1.165, 1.54) is 0 Å². The van der Waals surface area contributed by atoms with Crippen LogP contribution in [-0.4, -0.2) is 55.6 Å². The van der Waals surface area contributed by atoms with Crippen molar-refractivity contribution in [3.63, 3.8) is 0 Å². The van der Waals surface area contributed by atoms with Crippen LogP contribution in [0.1, 0.15) is 6.42 Å². The van der Waals surface area contributed by atoms with E-state index in [9.17, 15) is 0 Å². The number of aliphatic hydroxyl groups is 1. The molecular formula is C8H17N2O+. The van der Waals surface area contributed by atoms with Crippen LogP contribution in [0.5, 0.6) is 0 Å². The third-order valence-electron chi connectivity index (χ3n) is 2.34. The Kier molecular flexibility index (Phi) is 3.02. The summed E-state index contributed by atoms with van der Waals surface area (Å²) in [4.78, 5) is 4.23. The molecule has 1 rings (SSSR count). The van der Waals surface area contributed by atoms with Crippen LogP contribution in [0.15, 0.2) is 4.99 Å². The van der Waals surface area contributed by atoms with E-state index in [4.69, 9.17) is 5.11 Å². The standard InChI is InChI=1S/C8H17N2O/c1-10(7-8-11)5-2-3-9-4-6-10/h3,11H,2,4-8H2,1H3/q+1. The van der Waals surface area contributed by atoms with E-state index in [2.05, 4.69) is 12.0 Å². The lowest BCUT2D eigenvalue weighted by atomic mass is 10.3. The summed E-state index contributed by atoms with van der Waals surface area (Å²) in [5.41, 5.74) is 0. The fourth-order valence-electron chi connectivity index (χ4n) is 1.43. The number of likely N-dealkylation sites (N-methyl/N-ethyl adjacent to an activating group) is 1. The summed E-state index contributed by atoms with van der Waals surface area (Å²) in [5.74, 6) is 0. The Hall–Kier alpha value is -0.410. The maximum absolute atomic E-state index is 8.82. The van der Waals surface area contributed by atoms with Crippen LogP contribution in [0.3, 0.4) is 0 Å². The fourth-order valence-corrected chi connectivity index (χ4v) is 1.43. The third kappa shape index (κ3) is 2.60. The Bertz CT molecular complexity index is 135. The molecule has 1 aliphatic rings. The van der Waals surface area contributed by atoms with Crippen LogP contribution in [0.25, 0.3) is 0 Å². The number of nitrogens with zero attached hydrogens (tertiary/aromatic N) is 2. The van der Waals surface area contributed by atoms with Crippen LogP contribution in [0.4, 0.5) is 0 Å². The highest BCUT2D eigenvalue weighted by atomic mass is 16.3. The SMILES string of the molecule is C[N+]1(CCO)CCC=NCC1. The molecule has 0 saturated carbocycles. The fraction of sp³-hybridized carbons (Fsp3) is 0.875. The highest BCUT2D eigenvalue weighted by Crippen LogP contribution is 2.05. The van der Waals surface area contributed by atoms with Gasteiger partial charge in [-0.1, -0.05) is 0 Å². The Morgan fingerprint density at radius 2 is 2.36 bits per heavy atom. The van der Waals surface area contributed by atoms with Gasteiger partial charge < -0.3 is 9.59 Å². The van der Waals surface area contributed by atoms with Gasteiger partial charge >= 0.3 is 0 Å². The van der Waals surface area contributed by atoms with Crippen LogP contribution in [0.2, 0.25) is 0 Å². The molecule has 0 spiro atoms. The van der Waals surface area contributed by atoms with Crippen molar-refractivity contribution in [3.05, 3.63) is 0 Å². The van der Waals surface area contributed by atoms with Gasteiger partial charge in [0.05, 0.1) is 33.3 Å². The van der Waals surface area contributed by atoms with Gasteiger partial charge in [-0.3, -0.25) is 4.99 Å². The zero-order valence-corrected chi connectivity index (χ0v) is 7.16. The van der Waals surface area contributed by atoms with Crippen molar-refractivity contribution >= 4 is 6.21 Å². The molecule has 1 heterocycles. The third-order valence-corrected chi connectivity index (χ3v) is 2.34. The minimum absolute atomic E-state index is 0.288. The molecule has 0 aromatic heterocycles. The number of aliphatic hydroxyl groups excluding tert-OH is 1. The van der Waals surface area contributed by atoms with Crippen molar-refractivity contribution < 1.29 is 9.59 Å². The molecule has 0 aromatic rings. The second-order valence-electron chi connectivity index (χ2n) is 3.39. The summed E-state index contributed by atoms with van der Waals surface area (Å²) in [6.45, 7) is 4.25. The molecule has 0 fully saturated rings. The van der Waals surface area contributed by atoms with Crippen molar-refractivity contribution in [3.8, 4) is 0 Å². The van der Waals surface area contributed by atoms with Crippen molar-refractivity contribution in [2.24, 2.45) is 4.99 Å². The first-order valence-electron chi connectivity index (χ1n) is 4.19. The smallest absolute Gasteiger partial charge is 0.102 e. The average molecular weight is 157 g/mol. The summed E-state index contributed by atoms with van der Waals surface area (Å²) >= 11 is 0. The molecule has 64 valence electrons. The Morgan fingerprint density at radius 1 is 1.55 bits per heavy atom. The second-order valence-corrected chi connectivity index (χ2v) is 3.39. The molecule has 0 saturated heterocycles. The molecule has 3 nitrogen and oxygen atoms in total. The van der Waals surface area contributed by atoms with E-state index in [0.29, 0.717) is 0 Å². The topological polar surface area (TPSA) is 32.6 Å². The predicted molar refractivity (Wildman–Crippen MR) is 45.8 cm³/mol. The van der Waals surface area contributed by atoms with Gasteiger partial charge in [-0.15, -0.1) is 0 Å². The maximum Gasteiger partial charge on any atom is 0.102 e. The zero-order chi connectivity index (χ0) is 8.16. The van der Waals surface area contributed by atoms with Gasteiger partial charge in [0.25, 0.3) is 0 Å². The van der Waals surface area contributed by atoms with E-state index in [1.54, 1.807) is 0 Å². The summed E-state index contributed by atoms with van der Waals surface area (Å²) < 4.78 is 0.969. The molecule has 1 atom stereocenters. The molecule has 1 aliphatic heterocycles. The van der Waals surface area contributed by atoms with Crippen molar-refractivity contribution in [2.45, 2.75) is 6.42 Å². The minimum Gasteiger partial charge on any atom is -0.391 e. The summed E-state index contributed by atoms with van der Waals surface area (Å²) in [5, 5.41) is 8.82. The normalized spacial score (nSPS) is 31.8. The summed E-state index contributed by atoms with van der Waals surface area (Å²) in [6.07, 6.45) is 3.05. The first-order valence-corrected chi connectivity index (χ1v) is 4.19. The van der Waals surface area contributed by atoms with Crippen molar-refractivity contribution in [2.75, 3.05) is 39.8 Å². The van der Waals surface area contributed by atoms with E-state index in [1.807, 2.05) is 6.21 Å². The summed E-state index contributed by atoms with van der Waals surface area (Å²) in [7, 11) is 2.19. The van der Waals surface area contributed by atoms with Gasteiger partial charge in [0.2, 0.25) is 0 Å². The summed E-state index contributed by atoms with van der Waals surface area (Å²) in [6, 6.07) is 0. The maximum atomic E-state index is 8.82. The monoisotopic (exact) mass is 157 g/mol. The average Bonchev–Trinajstić information content (AvgIpc) is 2.15. The number of hydrogen-bond donors (Lipinski definition) is 1. The Balaban J connectivity index is 2.42. The molecule has 0 aliphatic carbocycles. The van der Waals surface area contributed by atoms with Crippen LogP contribution in [-0.2, 0) is 0 Å². The van der Waals surface area contributed by atoms with Gasteiger partial charge in [0, 0.05) is 12.6 Å². The molecule has 1 unspecified atom stereocenters. The largest absolute Gasteiger partial charge is 0.391 e. The Morgan fingerprint density at radius 3 is 3.09 bits per heavy atom. The molecule has 0 aromatic carbocycles. The molecule has 0 bridgehead atoms. The first kappa shape index (κ1) is 8.68. The lowest BCUT2D eigenvalue weighted by Crippen LogP contribution is -2.47.